The number of halogens is 1. The first-order valence-electron chi connectivity index (χ1n) is 8.73. The van der Waals surface area contributed by atoms with E-state index in [9.17, 15) is 19.3 Å². The minimum absolute atomic E-state index is 0.0587. The molecule has 3 rings (SSSR count). The van der Waals surface area contributed by atoms with E-state index in [2.05, 4.69) is 26.1 Å². The van der Waals surface area contributed by atoms with E-state index in [1.807, 2.05) is 6.07 Å². The van der Waals surface area contributed by atoms with Crippen molar-refractivity contribution >= 4 is 23.2 Å². The Morgan fingerprint density at radius 1 is 1.07 bits per heavy atom. The molecule has 0 aliphatic rings. The number of para-hydroxylation sites is 1. The minimum Gasteiger partial charge on any atom is -0.484 e. The fraction of sp³-hybridized carbons (Fsp3) is 0.105. The number of amides is 1. The van der Waals surface area contributed by atoms with Gasteiger partial charge in [-0.25, -0.2) is 14.4 Å². The van der Waals surface area contributed by atoms with Crippen LogP contribution in [0.2, 0.25) is 0 Å². The van der Waals surface area contributed by atoms with Crippen LogP contribution in [0.5, 0.6) is 5.75 Å². The summed E-state index contributed by atoms with van der Waals surface area (Å²) in [5, 5.41) is 14.3. The van der Waals surface area contributed by atoms with E-state index in [0.29, 0.717) is 11.3 Å². The first kappa shape index (κ1) is 20.5. The SMILES string of the molecule is O=C(COc1ccccc1)NNc1ncnc(NCc2ccc(F)cc2)c1[N+](=O)[O-]. The molecule has 0 aliphatic carbocycles. The molecule has 1 amide bonds. The second-order valence-corrected chi connectivity index (χ2v) is 5.93. The summed E-state index contributed by atoms with van der Waals surface area (Å²) < 4.78 is 18.3. The predicted molar refractivity (Wildman–Crippen MR) is 106 cm³/mol. The molecule has 0 atom stereocenters. The smallest absolute Gasteiger partial charge is 0.354 e. The van der Waals surface area contributed by atoms with Gasteiger partial charge in [0.1, 0.15) is 17.9 Å². The van der Waals surface area contributed by atoms with Gasteiger partial charge in [0.2, 0.25) is 11.6 Å². The van der Waals surface area contributed by atoms with Crippen LogP contribution in [-0.4, -0.2) is 27.4 Å². The number of ether oxygens (including phenoxy) is 1. The molecule has 2 aromatic carbocycles. The summed E-state index contributed by atoms with van der Waals surface area (Å²) in [7, 11) is 0. The highest BCUT2D eigenvalue weighted by atomic mass is 19.1. The number of nitrogens with zero attached hydrogens (tertiary/aromatic N) is 3. The van der Waals surface area contributed by atoms with Crippen molar-refractivity contribution in [1.29, 1.82) is 0 Å². The van der Waals surface area contributed by atoms with Crippen molar-refractivity contribution in [3.8, 4) is 5.75 Å². The standard InChI is InChI=1S/C19H17FN6O4/c20-14-8-6-13(7-9-14)10-21-18-17(26(28)29)19(23-12-22-18)25-24-16(27)11-30-15-4-2-1-3-5-15/h1-9,12H,10-11H2,(H,24,27)(H2,21,22,23,25). The largest absolute Gasteiger partial charge is 0.484 e. The summed E-state index contributed by atoms with van der Waals surface area (Å²) in [6.07, 6.45) is 1.11. The summed E-state index contributed by atoms with van der Waals surface area (Å²) in [5.74, 6) is -0.702. The van der Waals surface area contributed by atoms with Gasteiger partial charge in [-0.2, -0.15) is 0 Å². The highest BCUT2D eigenvalue weighted by Gasteiger charge is 2.23. The van der Waals surface area contributed by atoms with E-state index in [1.54, 1.807) is 36.4 Å². The number of hydrogen-bond acceptors (Lipinski definition) is 8. The number of hydrogen-bond donors (Lipinski definition) is 3. The lowest BCUT2D eigenvalue weighted by Gasteiger charge is -2.11. The Bertz CT molecular complexity index is 1020. The number of hydrazine groups is 1. The number of rotatable bonds is 9. The number of carbonyl (C=O) groups excluding carboxylic acids is 1. The summed E-state index contributed by atoms with van der Waals surface area (Å²) in [6.45, 7) is -0.125. The molecule has 0 fully saturated rings. The normalized spacial score (nSPS) is 10.2. The van der Waals surface area contributed by atoms with Crippen LogP contribution in [0.15, 0.2) is 60.9 Å². The maximum Gasteiger partial charge on any atom is 0.354 e. The third kappa shape index (κ3) is 5.61. The molecule has 11 heteroatoms. The van der Waals surface area contributed by atoms with Crippen LogP contribution in [-0.2, 0) is 11.3 Å². The number of benzene rings is 2. The Labute approximate surface area is 170 Å². The lowest BCUT2D eigenvalue weighted by Crippen LogP contribution is -2.34. The van der Waals surface area contributed by atoms with Gasteiger partial charge in [-0.3, -0.25) is 25.8 Å². The van der Waals surface area contributed by atoms with E-state index in [4.69, 9.17) is 4.74 Å². The Kier molecular flexibility index (Phi) is 6.66. The van der Waals surface area contributed by atoms with Crippen molar-refractivity contribution in [3.05, 3.63) is 82.4 Å². The quantitative estimate of drug-likeness (QED) is 0.361. The maximum absolute atomic E-state index is 13.0. The zero-order chi connectivity index (χ0) is 21.3. The summed E-state index contributed by atoms with van der Waals surface area (Å²) >= 11 is 0. The average molecular weight is 412 g/mol. The molecule has 3 N–H and O–H groups in total. The molecule has 0 bridgehead atoms. The Morgan fingerprint density at radius 3 is 2.47 bits per heavy atom. The number of aromatic nitrogens is 2. The lowest BCUT2D eigenvalue weighted by atomic mass is 10.2. The minimum atomic E-state index is -0.679. The van der Waals surface area contributed by atoms with Crippen LogP contribution >= 0.6 is 0 Å². The molecule has 10 nitrogen and oxygen atoms in total. The van der Waals surface area contributed by atoms with Crippen LogP contribution in [0.1, 0.15) is 5.56 Å². The zero-order valence-electron chi connectivity index (χ0n) is 15.5. The van der Waals surface area contributed by atoms with E-state index in [1.165, 1.54) is 12.1 Å². The van der Waals surface area contributed by atoms with Gasteiger partial charge in [0, 0.05) is 6.54 Å². The average Bonchev–Trinajstić information content (AvgIpc) is 2.76. The molecule has 0 radical (unpaired) electrons. The molecule has 154 valence electrons. The van der Waals surface area contributed by atoms with Crippen LogP contribution < -0.4 is 20.9 Å². The molecule has 0 unspecified atom stereocenters. The van der Waals surface area contributed by atoms with E-state index in [-0.39, 0.29) is 30.6 Å². The van der Waals surface area contributed by atoms with Gasteiger partial charge in [-0.1, -0.05) is 30.3 Å². The fourth-order valence-electron chi connectivity index (χ4n) is 2.39. The zero-order valence-corrected chi connectivity index (χ0v) is 15.5. The molecule has 0 saturated heterocycles. The van der Waals surface area contributed by atoms with Crippen LogP contribution in [0.25, 0.3) is 0 Å². The van der Waals surface area contributed by atoms with Crippen molar-refractivity contribution in [3.63, 3.8) is 0 Å². The van der Waals surface area contributed by atoms with Crippen molar-refractivity contribution in [2.45, 2.75) is 6.54 Å². The van der Waals surface area contributed by atoms with Crippen LogP contribution in [0, 0.1) is 15.9 Å². The number of carbonyl (C=O) groups is 1. The Balaban J connectivity index is 1.62. The molecule has 3 aromatic rings. The lowest BCUT2D eigenvalue weighted by molar-refractivity contribution is -0.383. The molecule has 0 aliphatic heterocycles. The summed E-state index contributed by atoms with van der Waals surface area (Å²) in [4.78, 5) is 30.5. The molecular weight excluding hydrogens is 395 g/mol. The van der Waals surface area contributed by atoms with Crippen molar-refractivity contribution in [2.24, 2.45) is 0 Å². The molecule has 0 spiro atoms. The van der Waals surface area contributed by atoms with Gasteiger partial charge in [0.25, 0.3) is 5.91 Å². The van der Waals surface area contributed by atoms with E-state index < -0.39 is 16.5 Å². The third-order valence-electron chi connectivity index (χ3n) is 3.81. The van der Waals surface area contributed by atoms with Crippen molar-refractivity contribution in [1.82, 2.24) is 15.4 Å². The second-order valence-electron chi connectivity index (χ2n) is 5.93. The maximum atomic E-state index is 13.0. The number of anilines is 2. The summed E-state index contributed by atoms with van der Waals surface area (Å²) in [5.41, 5.74) is 4.95. The highest BCUT2D eigenvalue weighted by Crippen LogP contribution is 2.28. The third-order valence-corrected chi connectivity index (χ3v) is 3.81. The van der Waals surface area contributed by atoms with E-state index >= 15 is 0 Å². The van der Waals surface area contributed by atoms with Crippen molar-refractivity contribution in [2.75, 3.05) is 17.3 Å². The van der Waals surface area contributed by atoms with Gasteiger partial charge in [0.05, 0.1) is 4.92 Å². The predicted octanol–water partition coefficient (Wildman–Crippen LogP) is 2.66. The van der Waals surface area contributed by atoms with Crippen molar-refractivity contribution < 1.29 is 18.8 Å². The van der Waals surface area contributed by atoms with Crippen LogP contribution in [0.4, 0.5) is 21.7 Å². The van der Waals surface area contributed by atoms with Gasteiger partial charge in [-0.05, 0) is 29.8 Å². The molecule has 1 aromatic heterocycles. The van der Waals surface area contributed by atoms with E-state index in [0.717, 1.165) is 6.33 Å². The Morgan fingerprint density at radius 2 is 1.77 bits per heavy atom. The highest BCUT2D eigenvalue weighted by molar-refractivity contribution is 5.80. The molecule has 0 saturated carbocycles. The van der Waals surface area contributed by atoms with Gasteiger partial charge < -0.3 is 10.1 Å². The Hall–Kier alpha value is -4.28. The fourth-order valence-corrected chi connectivity index (χ4v) is 2.39. The van der Waals surface area contributed by atoms with Gasteiger partial charge in [-0.15, -0.1) is 0 Å². The second kappa shape index (κ2) is 9.78. The first-order chi connectivity index (χ1) is 14.5. The van der Waals surface area contributed by atoms with Gasteiger partial charge in [0.15, 0.2) is 6.61 Å². The van der Waals surface area contributed by atoms with Gasteiger partial charge >= 0.3 is 5.69 Å². The molecule has 1 heterocycles. The first-order valence-corrected chi connectivity index (χ1v) is 8.73. The number of nitro groups is 1. The topological polar surface area (TPSA) is 131 Å². The monoisotopic (exact) mass is 412 g/mol. The molecule has 30 heavy (non-hydrogen) atoms. The molecular formula is C19H17FN6O4. The van der Waals surface area contributed by atoms with Crippen LogP contribution in [0.3, 0.4) is 0 Å². The summed E-state index contributed by atoms with van der Waals surface area (Å²) in [6, 6.07) is 14.4. The number of nitrogens with one attached hydrogen (secondary N) is 3.